The second-order valence-corrected chi connectivity index (χ2v) is 13.0. The fourth-order valence-corrected chi connectivity index (χ4v) is 5.32. The molecule has 0 radical (unpaired) electrons. The molecule has 4 atom stereocenters. The predicted molar refractivity (Wildman–Crippen MR) is 163 cm³/mol. The van der Waals surface area contributed by atoms with Crippen LogP contribution in [0.2, 0.25) is 0 Å². The molecule has 0 unspecified atom stereocenters. The van der Waals surface area contributed by atoms with Crippen molar-refractivity contribution in [1.82, 2.24) is 9.80 Å². The number of nitrogens with one attached hydrogen (secondary N) is 2. The van der Waals surface area contributed by atoms with Gasteiger partial charge in [0.05, 0.1) is 36.7 Å². The number of sulfonamides is 1. The number of fused-ring (bicyclic) bond motifs is 1. The number of hydrogen-bond donors (Lipinski definition) is 3. The molecule has 2 aromatic carbocycles. The summed E-state index contributed by atoms with van der Waals surface area (Å²) in [6, 6.07) is 9.05. The summed E-state index contributed by atoms with van der Waals surface area (Å²) < 4.78 is 51.9. The molecule has 238 valence electrons. The number of urea groups is 1. The van der Waals surface area contributed by atoms with Gasteiger partial charge in [-0.1, -0.05) is 6.92 Å². The summed E-state index contributed by atoms with van der Waals surface area (Å²) >= 11 is 0. The molecule has 0 aromatic heterocycles. The molecule has 1 aliphatic heterocycles. The van der Waals surface area contributed by atoms with Crippen LogP contribution in [-0.2, 0) is 14.8 Å². The second kappa shape index (κ2) is 15.3. The lowest BCUT2D eigenvalue weighted by Crippen LogP contribution is -2.48. The van der Waals surface area contributed by atoms with E-state index in [1.807, 2.05) is 13.8 Å². The fourth-order valence-electron chi connectivity index (χ4n) is 4.77. The van der Waals surface area contributed by atoms with Crippen LogP contribution < -0.4 is 14.8 Å². The Bertz CT molecular complexity index is 1340. The molecular formula is C30H43FN4O7S. The lowest BCUT2D eigenvalue weighted by atomic mass is 10.0. The molecule has 3 amide bonds. The molecule has 3 N–H and O–H groups in total. The third-order valence-corrected chi connectivity index (χ3v) is 7.86. The third-order valence-electron chi connectivity index (χ3n) is 7.25. The molecule has 0 bridgehead atoms. The van der Waals surface area contributed by atoms with Gasteiger partial charge in [-0.25, -0.2) is 17.6 Å². The van der Waals surface area contributed by atoms with Crippen molar-refractivity contribution in [3.05, 3.63) is 53.8 Å². The molecule has 11 nitrogen and oxygen atoms in total. The van der Waals surface area contributed by atoms with E-state index in [0.29, 0.717) is 24.5 Å². The molecule has 1 heterocycles. The summed E-state index contributed by atoms with van der Waals surface area (Å²) in [6.07, 6.45) is 2.58. The van der Waals surface area contributed by atoms with E-state index in [1.54, 1.807) is 26.1 Å². The number of likely N-dealkylation sites (N-methyl/N-ethyl adjacent to an activating group) is 1. The SMILES string of the molecule is C[C@H](CO)N1C[C@H](C)[C@@H](CN(C)C(=O)Nc2ccc(F)cc2)OCCCC[C@H](C)Oc2ccc(NS(C)(=O)=O)cc2C1=O. The van der Waals surface area contributed by atoms with Gasteiger partial charge in [-0.2, -0.15) is 0 Å². The van der Waals surface area contributed by atoms with Gasteiger partial charge in [0.2, 0.25) is 10.0 Å². The first-order chi connectivity index (χ1) is 20.3. The van der Waals surface area contributed by atoms with Gasteiger partial charge in [0.1, 0.15) is 11.6 Å². The van der Waals surface area contributed by atoms with E-state index in [0.717, 1.165) is 19.1 Å². The molecule has 3 rings (SSSR count). The number of carbonyl (C=O) groups is 2. The topological polar surface area (TPSA) is 138 Å². The van der Waals surface area contributed by atoms with Crippen molar-refractivity contribution in [3.8, 4) is 5.75 Å². The van der Waals surface area contributed by atoms with Crippen LogP contribution in [0.25, 0.3) is 0 Å². The summed E-state index contributed by atoms with van der Waals surface area (Å²) in [5.41, 5.74) is 0.830. The maximum Gasteiger partial charge on any atom is 0.321 e. The van der Waals surface area contributed by atoms with Gasteiger partial charge >= 0.3 is 6.03 Å². The predicted octanol–water partition coefficient (Wildman–Crippen LogP) is 4.16. The van der Waals surface area contributed by atoms with E-state index in [-0.39, 0.29) is 43.0 Å². The third kappa shape index (κ3) is 10.4. The summed E-state index contributed by atoms with van der Waals surface area (Å²) in [5.74, 6) is -0.800. The highest BCUT2D eigenvalue weighted by Gasteiger charge is 2.31. The van der Waals surface area contributed by atoms with Crippen LogP contribution in [-0.4, -0.2) is 93.1 Å². The molecular weight excluding hydrogens is 579 g/mol. The zero-order valence-corrected chi connectivity index (χ0v) is 26.2. The number of aliphatic hydroxyl groups excluding tert-OH is 1. The minimum atomic E-state index is -3.60. The van der Waals surface area contributed by atoms with Crippen LogP contribution in [0.3, 0.4) is 0 Å². The number of hydrogen-bond acceptors (Lipinski definition) is 7. The van der Waals surface area contributed by atoms with E-state index < -0.39 is 39.9 Å². The normalized spacial score (nSPS) is 21.1. The van der Waals surface area contributed by atoms with Crippen LogP contribution >= 0.6 is 0 Å². The lowest BCUT2D eigenvalue weighted by molar-refractivity contribution is -0.0115. The monoisotopic (exact) mass is 622 g/mol. The number of ether oxygens (including phenoxy) is 2. The van der Waals surface area contributed by atoms with E-state index in [9.17, 15) is 27.5 Å². The van der Waals surface area contributed by atoms with Crippen molar-refractivity contribution in [2.24, 2.45) is 5.92 Å². The Kier molecular flexibility index (Phi) is 12.2. The van der Waals surface area contributed by atoms with Gasteiger partial charge in [0.15, 0.2) is 0 Å². The van der Waals surface area contributed by atoms with Crippen molar-refractivity contribution in [2.45, 2.75) is 58.3 Å². The Labute approximate surface area is 253 Å². The van der Waals surface area contributed by atoms with E-state index in [4.69, 9.17) is 9.47 Å². The molecule has 0 saturated carbocycles. The molecule has 0 fully saturated rings. The van der Waals surface area contributed by atoms with Gasteiger partial charge in [-0.15, -0.1) is 0 Å². The summed E-state index contributed by atoms with van der Waals surface area (Å²) in [7, 11) is -1.97. The summed E-state index contributed by atoms with van der Waals surface area (Å²) in [4.78, 5) is 30.0. The lowest BCUT2D eigenvalue weighted by Gasteiger charge is -2.35. The molecule has 13 heteroatoms. The molecule has 0 aliphatic carbocycles. The van der Waals surface area contributed by atoms with Gasteiger partial charge in [-0.3, -0.25) is 9.52 Å². The molecule has 2 aromatic rings. The number of benzene rings is 2. The van der Waals surface area contributed by atoms with Crippen molar-refractivity contribution in [1.29, 1.82) is 0 Å². The van der Waals surface area contributed by atoms with Crippen molar-refractivity contribution < 1.29 is 37.0 Å². The highest BCUT2D eigenvalue weighted by Crippen LogP contribution is 2.29. The highest BCUT2D eigenvalue weighted by molar-refractivity contribution is 7.92. The number of aliphatic hydroxyl groups is 1. The minimum Gasteiger partial charge on any atom is -0.490 e. The van der Waals surface area contributed by atoms with Crippen LogP contribution in [0, 0.1) is 11.7 Å². The van der Waals surface area contributed by atoms with Gasteiger partial charge in [0, 0.05) is 44.0 Å². The van der Waals surface area contributed by atoms with Crippen LogP contribution in [0.4, 0.5) is 20.6 Å². The molecule has 1 aliphatic rings. The first-order valence-electron chi connectivity index (χ1n) is 14.4. The number of rotatable bonds is 7. The number of halogens is 1. The number of amides is 3. The standard InChI is InChI=1S/C30H43FN4O7S/c1-20-17-35(21(2)19-36)29(37)26-16-25(33-43(5,39)40)13-14-27(26)42-22(3)8-6-7-15-41-28(20)18-34(4)30(38)32-24-11-9-23(31)10-12-24/h9-14,16,20-22,28,33,36H,6-8,15,17-19H2,1-5H3,(H,32,38)/t20-,21+,22-,28+/m0/s1. The van der Waals surface area contributed by atoms with Gasteiger partial charge in [-0.05, 0) is 75.6 Å². The molecule has 43 heavy (non-hydrogen) atoms. The smallest absolute Gasteiger partial charge is 0.321 e. The minimum absolute atomic E-state index is 0.165. The van der Waals surface area contributed by atoms with Crippen LogP contribution in [0.1, 0.15) is 50.4 Å². The Balaban J connectivity index is 1.90. The Morgan fingerprint density at radius 1 is 1.16 bits per heavy atom. The molecule has 0 spiro atoms. The van der Waals surface area contributed by atoms with Crippen LogP contribution in [0.15, 0.2) is 42.5 Å². The van der Waals surface area contributed by atoms with Gasteiger partial charge < -0.3 is 29.7 Å². The fraction of sp³-hybridized carbons (Fsp3) is 0.533. The van der Waals surface area contributed by atoms with E-state index >= 15 is 0 Å². The average molecular weight is 623 g/mol. The Morgan fingerprint density at radius 3 is 2.49 bits per heavy atom. The maximum absolute atomic E-state index is 14.1. The van der Waals surface area contributed by atoms with Crippen molar-refractivity contribution in [2.75, 3.05) is 49.6 Å². The number of carbonyl (C=O) groups excluding carboxylic acids is 2. The largest absolute Gasteiger partial charge is 0.490 e. The van der Waals surface area contributed by atoms with Crippen molar-refractivity contribution in [3.63, 3.8) is 0 Å². The second-order valence-electron chi connectivity index (χ2n) is 11.2. The van der Waals surface area contributed by atoms with Crippen molar-refractivity contribution >= 4 is 33.3 Å². The average Bonchev–Trinajstić information content (AvgIpc) is 2.94. The maximum atomic E-state index is 14.1. The number of anilines is 2. The van der Waals surface area contributed by atoms with E-state index in [2.05, 4.69) is 10.0 Å². The number of nitrogens with zero attached hydrogens (tertiary/aromatic N) is 2. The first-order valence-corrected chi connectivity index (χ1v) is 16.3. The zero-order chi connectivity index (χ0) is 31.7. The Hall–Kier alpha value is -3.42. The zero-order valence-electron chi connectivity index (χ0n) is 25.4. The van der Waals surface area contributed by atoms with Crippen LogP contribution in [0.5, 0.6) is 5.75 Å². The summed E-state index contributed by atoms with van der Waals surface area (Å²) in [6.45, 7) is 6.05. The Morgan fingerprint density at radius 2 is 1.84 bits per heavy atom. The molecule has 0 saturated heterocycles. The quantitative estimate of drug-likeness (QED) is 0.422. The highest BCUT2D eigenvalue weighted by atomic mass is 32.2. The van der Waals surface area contributed by atoms with Gasteiger partial charge in [0.25, 0.3) is 5.91 Å². The summed E-state index contributed by atoms with van der Waals surface area (Å²) in [5, 5.41) is 12.8. The van der Waals surface area contributed by atoms with E-state index in [1.165, 1.54) is 40.1 Å². The first kappa shape index (κ1) is 34.1.